The Bertz CT molecular complexity index is 381. The van der Waals surface area contributed by atoms with Gasteiger partial charge in [-0.25, -0.2) is 4.99 Å². The maximum Gasteiger partial charge on any atom is 0.122 e. The van der Waals surface area contributed by atoms with Crippen LogP contribution < -0.4 is 10.6 Å². The molecule has 1 aliphatic rings. The predicted molar refractivity (Wildman–Crippen MR) is 59.6 cm³/mol. The van der Waals surface area contributed by atoms with Crippen LogP contribution in [0.4, 0.5) is 5.69 Å². The summed E-state index contributed by atoms with van der Waals surface area (Å²) in [6.07, 6.45) is 3.59. The van der Waals surface area contributed by atoms with Crippen molar-refractivity contribution in [3.8, 4) is 0 Å². The zero-order valence-electron chi connectivity index (χ0n) is 7.52. The third-order valence-corrected chi connectivity index (χ3v) is 2.25. The molecule has 14 heavy (non-hydrogen) atoms. The first-order valence-electron chi connectivity index (χ1n) is 4.28. The van der Waals surface area contributed by atoms with Crippen molar-refractivity contribution < 1.29 is 0 Å². The van der Waals surface area contributed by atoms with E-state index in [1.54, 1.807) is 6.34 Å². The number of hydrogen-bond acceptors (Lipinski definition) is 3. The lowest BCUT2D eigenvalue weighted by Gasteiger charge is -2.20. The van der Waals surface area contributed by atoms with Gasteiger partial charge in [-0.2, -0.15) is 0 Å². The fraction of sp³-hybridized carbons (Fsp3) is 0.100. The van der Waals surface area contributed by atoms with Crippen molar-refractivity contribution in [3.05, 3.63) is 41.2 Å². The van der Waals surface area contributed by atoms with E-state index < -0.39 is 0 Å². The van der Waals surface area contributed by atoms with Crippen molar-refractivity contribution >= 4 is 23.6 Å². The Morgan fingerprint density at radius 1 is 1.29 bits per heavy atom. The molecular weight excluding hydrogens is 198 g/mol. The first-order chi connectivity index (χ1) is 6.75. The third kappa shape index (κ3) is 1.88. The van der Waals surface area contributed by atoms with Gasteiger partial charge >= 0.3 is 0 Å². The molecule has 0 unspecified atom stereocenters. The van der Waals surface area contributed by atoms with Gasteiger partial charge in [-0.3, -0.25) is 0 Å². The fourth-order valence-corrected chi connectivity index (χ4v) is 1.36. The van der Waals surface area contributed by atoms with Gasteiger partial charge in [0.2, 0.25) is 0 Å². The number of rotatable bonds is 1. The Balaban J connectivity index is 2.18. The molecule has 0 aliphatic carbocycles. The highest BCUT2D eigenvalue weighted by Crippen LogP contribution is 2.18. The van der Waals surface area contributed by atoms with Crippen molar-refractivity contribution in [3.63, 3.8) is 0 Å². The fourth-order valence-electron chi connectivity index (χ4n) is 1.23. The van der Waals surface area contributed by atoms with E-state index in [1.165, 1.54) is 0 Å². The van der Waals surface area contributed by atoms with Crippen LogP contribution in [0.15, 0.2) is 41.2 Å². The van der Waals surface area contributed by atoms with Crippen molar-refractivity contribution in [1.29, 1.82) is 0 Å². The second-order valence-corrected chi connectivity index (χ2v) is 3.44. The summed E-state index contributed by atoms with van der Waals surface area (Å²) in [5.74, 6) is 0.565. The van der Waals surface area contributed by atoms with Crippen molar-refractivity contribution in [2.45, 2.75) is 0 Å². The number of hydrogen-bond donors (Lipinski definition) is 1. The van der Waals surface area contributed by atoms with E-state index in [4.69, 9.17) is 17.3 Å². The van der Waals surface area contributed by atoms with E-state index in [-0.39, 0.29) is 0 Å². The number of halogens is 1. The minimum Gasteiger partial charge on any atom is -0.384 e. The maximum atomic E-state index is 5.79. The van der Waals surface area contributed by atoms with Gasteiger partial charge in [-0.05, 0) is 30.3 Å². The van der Waals surface area contributed by atoms with Gasteiger partial charge < -0.3 is 10.6 Å². The molecule has 1 aromatic carbocycles. The molecule has 3 nitrogen and oxygen atoms in total. The van der Waals surface area contributed by atoms with Gasteiger partial charge in [0.1, 0.15) is 5.82 Å². The van der Waals surface area contributed by atoms with Crippen LogP contribution in [0.3, 0.4) is 0 Å². The summed E-state index contributed by atoms with van der Waals surface area (Å²) in [6, 6.07) is 7.60. The molecule has 0 atom stereocenters. The van der Waals surface area contributed by atoms with Crippen LogP contribution in [0.25, 0.3) is 0 Å². The first-order valence-corrected chi connectivity index (χ1v) is 4.65. The summed E-state index contributed by atoms with van der Waals surface area (Å²) in [5.41, 5.74) is 6.57. The Kier molecular flexibility index (Phi) is 2.41. The monoisotopic (exact) mass is 207 g/mol. The SMILES string of the molecule is NC1=CCN(c2ccc(Cl)cc2)C=N1. The predicted octanol–water partition coefficient (Wildman–Crippen LogP) is 1.99. The van der Waals surface area contributed by atoms with Crippen molar-refractivity contribution in [1.82, 2.24) is 0 Å². The van der Waals surface area contributed by atoms with Crippen LogP contribution in [0.1, 0.15) is 0 Å². The van der Waals surface area contributed by atoms with Crippen LogP contribution in [0, 0.1) is 0 Å². The Labute approximate surface area is 87.5 Å². The summed E-state index contributed by atoms with van der Waals surface area (Å²) in [6.45, 7) is 0.747. The molecule has 72 valence electrons. The quantitative estimate of drug-likeness (QED) is 0.765. The molecule has 4 heteroatoms. The molecule has 1 aliphatic heterocycles. The number of nitrogens with two attached hydrogens (primary N) is 1. The van der Waals surface area contributed by atoms with Gasteiger partial charge in [-0.15, -0.1) is 0 Å². The molecule has 0 amide bonds. The number of anilines is 1. The highest BCUT2D eigenvalue weighted by Gasteiger charge is 2.05. The van der Waals surface area contributed by atoms with Gasteiger partial charge in [0.25, 0.3) is 0 Å². The Hall–Kier alpha value is -1.48. The zero-order valence-corrected chi connectivity index (χ0v) is 8.28. The molecule has 0 saturated heterocycles. The first kappa shape index (κ1) is 9.09. The van der Waals surface area contributed by atoms with Gasteiger partial charge in [0, 0.05) is 17.3 Å². The van der Waals surface area contributed by atoms with Crippen molar-refractivity contribution in [2.75, 3.05) is 11.4 Å². The molecule has 0 fully saturated rings. The third-order valence-electron chi connectivity index (χ3n) is 2.00. The largest absolute Gasteiger partial charge is 0.384 e. The van der Waals surface area contributed by atoms with Crippen LogP contribution in [-0.4, -0.2) is 12.9 Å². The lowest BCUT2D eigenvalue weighted by atomic mass is 10.3. The Morgan fingerprint density at radius 2 is 2.00 bits per heavy atom. The number of benzene rings is 1. The topological polar surface area (TPSA) is 41.6 Å². The summed E-state index contributed by atoms with van der Waals surface area (Å²) < 4.78 is 0. The highest BCUT2D eigenvalue weighted by molar-refractivity contribution is 6.30. The van der Waals surface area contributed by atoms with Crippen LogP contribution in [0.2, 0.25) is 5.02 Å². The van der Waals surface area contributed by atoms with Gasteiger partial charge in [0.15, 0.2) is 0 Å². The minimum atomic E-state index is 0.565. The average molecular weight is 208 g/mol. The van der Waals surface area contributed by atoms with Crippen LogP contribution in [-0.2, 0) is 0 Å². The second-order valence-electron chi connectivity index (χ2n) is 3.00. The van der Waals surface area contributed by atoms with Gasteiger partial charge in [-0.1, -0.05) is 11.6 Å². The number of nitrogens with zero attached hydrogens (tertiary/aromatic N) is 2. The summed E-state index contributed by atoms with van der Waals surface area (Å²) in [7, 11) is 0. The highest BCUT2D eigenvalue weighted by atomic mass is 35.5. The summed E-state index contributed by atoms with van der Waals surface area (Å²) in [5, 5.41) is 0.734. The van der Waals surface area contributed by atoms with E-state index >= 15 is 0 Å². The van der Waals surface area contributed by atoms with E-state index in [9.17, 15) is 0 Å². The molecule has 1 heterocycles. The van der Waals surface area contributed by atoms with E-state index in [0.717, 1.165) is 17.3 Å². The lowest BCUT2D eigenvalue weighted by Crippen LogP contribution is -2.25. The minimum absolute atomic E-state index is 0.565. The Morgan fingerprint density at radius 3 is 2.57 bits per heavy atom. The molecule has 0 spiro atoms. The van der Waals surface area contributed by atoms with Gasteiger partial charge in [0.05, 0.1) is 6.34 Å². The molecule has 0 radical (unpaired) electrons. The molecule has 0 saturated carbocycles. The van der Waals surface area contributed by atoms with E-state index in [1.807, 2.05) is 35.2 Å². The average Bonchev–Trinajstić information content (AvgIpc) is 2.21. The standard InChI is InChI=1S/C10H10ClN3/c11-8-1-3-9(4-2-8)14-6-5-10(12)13-7-14/h1-5,7H,6,12H2. The normalized spacial score (nSPS) is 15.5. The smallest absolute Gasteiger partial charge is 0.122 e. The molecule has 2 N–H and O–H groups in total. The number of aliphatic imine (C=N–C) groups is 1. The molecule has 2 rings (SSSR count). The summed E-state index contributed by atoms with van der Waals surface area (Å²) in [4.78, 5) is 6.01. The van der Waals surface area contributed by atoms with Crippen LogP contribution >= 0.6 is 11.6 Å². The van der Waals surface area contributed by atoms with E-state index in [2.05, 4.69) is 4.99 Å². The molecule has 1 aromatic rings. The molecular formula is C10H10ClN3. The molecule has 0 aromatic heterocycles. The van der Waals surface area contributed by atoms with Crippen LogP contribution in [0.5, 0.6) is 0 Å². The van der Waals surface area contributed by atoms with Crippen molar-refractivity contribution in [2.24, 2.45) is 10.7 Å². The molecule has 0 bridgehead atoms. The summed E-state index contributed by atoms with van der Waals surface area (Å²) >= 11 is 5.79. The zero-order chi connectivity index (χ0) is 9.97. The maximum absolute atomic E-state index is 5.79. The van der Waals surface area contributed by atoms with E-state index in [0.29, 0.717) is 5.82 Å². The second kappa shape index (κ2) is 3.72. The lowest BCUT2D eigenvalue weighted by molar-refractivity contribution is 1.07.